The van der Waals surface area contributed by atoms with E-state index in [1.54, 1.807) is 19.1 Å². The average Bonchev–Trinajstić information content (AvgIpc) is 2.83. The maximum Gasteiger partial charge on any atom is 0.322 e. The Balaban J connectivity index is 2.57. The molecule has 0 saturated carbocycles. The second-order valence-corrected chi connectivity index (χ2v) is 8.55. The van der Waals surface area contributed by atoms with Crippen LogP contribution in [0.2, 0.25) is 5.02 Å². The molecule has 0 spiro atoms. The third-order valence-corrected chi connectivity index (χ3v) is 5.78. The predicted molar refractivity (Wildman–Crippen MR) is 132 cm³/mol. The van der Waals surface area contributed by atoms with E-state index < -0.39 is 29.5 Å². The first-order chi connectivity index (χ1) is 16.7. The van der Waals surface area contributed by atoms with E-state index >= 15 is 0 Å². The molecule has 0 saturated heterocycles. The normalized spacial score (nSPS) is 13.1. The van der Waals surface area contributed by atoms with Crippen molar-refractivity contribution >= 4 is 29.6 Å². The second-order valence-electron chi connectivity index (χ2n) is 8.14. The monoisotopic (exact) mass is 507 g/mol. The zero-order chi connectivity index (χ0) is 26.1. The average molecular weight is 508 g/mol. The number of esters is 1. The van der Waals surface area contributed by atoms with Gasteiger partial charge in [0.25, 0.3) is 0 Å². The first-order valence-corrected chi connectivity index (χ1v) is 11.6. The Bertz CT molecular complexity index is 1070. The fraction of sp³-hybridized carbons (Fsp3) is 0.423. The third kappa shape index (κ3) is 7.02. The highest BCUT2D eigenvalue weighted by Crippen LogP contribution is 2.33. The summed E-state index contributed by atoms with van der Waals surface area (Å²) in [7, 11) is 2.83. The van der Waals surface area contributed by atoms with Crippen LogP contribution in [0, 0.1) is 17.7 Å². The molecule has 9 heteroatoms. The maximum absolute atomic E-state index is 14.6. The minimum Gasteiger partial charge on any atom is -0.496 e. The van der Waals surface area contributed by atoms with Gasteiger partial charge in [0.2, 0.25) is 0 Å². The van der Waals surface area contributed by atoms with E-state index in [0.717, 1.165) is 0 Å². The number of aliphatic hydroxyl groups is 1. The van der Waals surface area contributed by atoms with Crippen LogP contribution in [0.15, 0.2) is 35.3 Å². The topological polar surface area (TPSA) is 94.4 Å². The van der Waals surface area contributed by atoms with E-state index in [-0.39, 0.29) is 41.9 Å². The van der Waals surface area contributed by atoms with Crippen molar-refractivity contribution in [3.8, 4) is 11.5 Å². The van der Waals surface area contributed by atoms with Crippen LogP contribution in [0.1, 0.15) is 42.3 Å². The number of ketones is 1. The number of hydrogen-bond donors (Lipinski definition) is 1. The number of nitrogens with zero attached hydrogens (tertiary/aromatic N) is 1. The Morgan fingerprint density at radius 3 is 2.40 bits per heavy atom. The Labute approximate surface area is 209 Å². The highest BCUT2D eigenvalue weighted by Gasteiger charge is 2.31. The van der Waals surface area contributed by atoms with Crippen LogP contribution in [0.3, 0.4) is 0 Å². The first-order valence-electron chi connectivity index (χ1n) is 11.2. The van der Waals surface area contributed by atoms with Gasteiger partial charge in [-0.3, -0.25) is 14.6 Å². The lowest BCUT2D eigenvalue weighted by atomic mass is 9.93. The van der Waals surface area contributed by atoms with Crippen molar-refractivity contribution in [3.63, 3.8) is 0 Å². The van der Waals surface area contributed by atoms with Crippen molar-refractivity contribution in [1.82, 2.24) is 0 Å². The van der Waals surface area contributed by atoms with E-state index in [2.05, 4.69) is 4.99 Å². The fourth-order valence-electron chi connectivity index (χ4n) is 3.45. The number of aliphatic hydroxyl groups excluding tert-OH is 1. The molecule has 2 aromatic rings. The molecular formula is C26H31ClFNO6. The van der Waals surface area contributed by atoms with Gasteiger partial charge in [0, 0.05) is 18.7 Å². The summed E-state index contributed by atoms with van der Waals surface area (Å²) < 4.78 is 30.5. The number of ether oxygens (including phenoxy) is 3. The Morgan fingerprint density at radius 1 is 1.14 bits per heavy atom. The number of Topliss-reactive ketones (excluding diaryl/α,β-unsaturated/α-hetero) is 1. The summed E-state index contributed by atoms with van der Waals surface area (Å²) in [5.41, 5.74) is 0.888. The Kier molecular flexibility index (Phi) is 10.7. The molecule has 2 aromatic carbocycles. The summed E-state index contributed by atoms with van der Waals surface area (Å²) in [5, 5.41) is 9.56. The number of aliphatic imine (C=N–C) groups is 1. The van der Waals surface area contributed by atoms with Crippen LogP contribution >= 0.6 is 11.6 Å². The molecule has 0 aliphatic carbocycles. The lowest BCUT2D eigenvalue weighted by Crippen LogP contribution is -2.29. The van der Waals surface area contributed by atoms with Gasteiger partial charge in [0.05, 0.1) is 44.1 Å². The van der Waals surface area contributed by atoms with Crippen molar-refractivity contribution in [2.45, 2.75) is 33.2 Å². The molecule has 7 nitrogen and oxygen atoms in total. The van der Waals surface area contributed by atoms with Gasteiger partial charge in [0.1, 0.15) is 17.3 Å². The SMILES string of the molecule is CCOC(=O)C(C=NC(CO)C(C)C)C(=O)c1cc(Cc2cccc(Cl)c2F)c(OC)cc1OC. The largest absolute Gasteiger partial charge is 0.496 e. The summed E-state index contributed by atoms with van der Waals surface area (Å²) in [5.74, 6) is -2.78. The van der Waals surface area contributed by atoms with Gasteiger partial charge >= 0.3 is 5.97 Å². The van der Waals surface area contributed by atoms with Gasteiger partial charge in [-0.1, -0.05) is 37.6 Å². The molecule has 0 aromatic heterocycles. The quantitative estimate of drug-likeness (QED) is 0.196. The van der Waals surface area contributed by atoms with Crippen LogP contribution < -0.4 is 9.47 Å². The highest BCUT2D eigenvalue weighted by atomic mass is 35.5. The van der Waals surface area contributed by atoms with E-state index in [9.17, 15) is 19.1 Å². The minimum atomic E-state index is -1.36. The molecule has 2 atom stereocenters. The predicted octanol–water partition coefficient (Wildman–Crippen LogP) is 4.54. The molecule has 0 heterocycles. The number of benzene rings is 2. The lowest BCUT2D eigenvalue weighted by Gasteiger charge is -2.18. The van der Waals surface area contributed by atoms with Crippen LogP contribution in [0.25, 0.3) is 0 Å². The number of carbonyl (C=O) groups excluding carboxylic acids is 2. The standard InChI is InChI=1S/C26H31ClFNO6/c1-6-35-26(32)19(13-29-21(14-30)15(2)3)25(31)18-11-17(22(33-4)12-23(18)34-5)10-16-8-7-9-20(27)24(16)28/h7-9,11-13,15,19,21,30H,6,10,14H2,1-5H3. The fourth-order valence-corrected chi connectivity index (χ4v) is 3.64. The molecule has 35 heavy (non-hydrogen) atoms. The lowest BCUT2D eigenvalue weighted by molar-refractivity contribution is -0.144. The number of carbonyl (C=O) groups is 2. The number of rotatable bonds is 12. The van der Waals surface area contributed by atoms with E-state index in [0.29, 0.717) is 16.9 Å². The second kappa shape index (κ2) is 13.2. The summed E-state index contributed by atoms with van der Waals surface area (Å²) in [6.45, 7) is 5.20. The summed E-state index contributed by atoms with van der Waals surface area (Å²) >= 11 is 5.92. The van der Waals surface area contributed by atoms with E-state index in [4.69, 9.17) is 25.8 Å². The maximum atomic E-state index is 14.6. The Morgan fingerprint density at radius 2 is 1.83 bits per heavy atom. The molecule has 2 rings (SSSR count). The summed E-state index contributed by atoms with van der Waals surface area (Å²) in [6.07, 6.45) is 1.29. The molecule has 0 bridgehead atoms. The number of halogens is 2. The minimum absolute atomic E-state index is 0.0103. The highest BCUT2D eigenvalue weighted by molar-refractivity contribution is 6.30. The van der Waals surface area contributed by atoms with Gasteiger partial charge in [-0.2, -0.15) is 0 Å². The van der Waals surface area contributed by atoms with Crippen molar-refractivity contribution in [2.24, 2.45) is 16.8 Å². The van der Waals surface area contributed by atoms with Gasteiger partial charge in [-0.05, 0) is 36.1 Å². The zero-order valence-corrected chi connectivity index (χ0v) is 21.3. The summed E-state index contributed by atoms with van der Waals surface area (Å²) in [4.78, 5) is 30.5. The molecule has 0 aliphatic rings. The molecule has 0 radical (unpaired) electrons. The van der Waals surface area contributed by atoms with E-state index in [1.807, 2.05) is 13.8 Å². The van der Waals surface area contributed by atoms with Crippen molar-refractivity contribution in [3.05, 3.63) is 57.9 Å². The van der Waals surface area contributed by atoms with Gasteiger partial charge in [0.15, 0.2) is 11.7 Å². The molecule has 2 unspecified atom stereocenters. The van der Waals surface area contributed by atoms with Gasteiger partial charge in [-0.25, -0.2) is 4.39 Å². The van der Waals surface area contributed by atoms with E-state index in [1.165, 1.54) is 38.6 Å². The molecule has 0 fully saturated rings. The van der Waals surface area contributed by atoms with Crippen molar-refractivity contribution in [1.29, 1.82) is 0 Å². The van der Waals surface area contributed by atoms with Crippen molar-refractivity contribution < 1.29 is 33.3 Å². The Hall–Kier alpha value is -2.97. The van der Waals surface area contributed by atoms with Crippen LogP contribution in [0.4, 0.5) is 4.39 Å². The number of hydrogen-bond acceptors (Lipinski definition) is 7. The smallest absolute Gasteiger partial charge is 0.322 e. The van der Waals surface area contributed by atoms with Crippen LogP contribution in [0.5, 0.6) is 11.5 Å². The van der Waals surface area contributed by atoms with Gasteiger partial charge < -0.3 is 19.3 Å². The van der Waals surface area contributed by atoms with Crippen molar-refractivity contribution in [2.75, 3.05) is 27.4 Å². The van der Waals surface area contributed by atoms with Crippen LogP contribution in [-0.2, 0) is 16.0 Å². The number of methoxy groups -OCH3 is 2. The molecule has 190 valence electrons. The molecule has 1 N–H and O–H groups in total. The molecular weight excluding hydrogens is 477 g/mol. The summed E-state index contributed by atoms with van der Waals surface area (Å²) in [6, 6.07) is 7.19. The third-order valence-electron chi connectivity index (χ3n) is 5.49. The molecule has 0 aliphatic heterocycles. The zero-order valence-electron chi connectivity index (χ0n) is 20.5. The molecule has 0 amide bonds. The van der Waals surface area contributed by atoms with Crippen LogP contribution in [-0.4, -0.2) is 56.5 Å². The first kappa shape index (κ1) is 28.3. The van der Waals surface area contributed by atoms with Gasteiger partial charge in [-0.15, -0.1) is 0 Å².